The number of nitrogen functional groups attached to an aromatic ring is 1. The smallest absolute Gasteiger partial charge is 0.126 e. The van der Waals surface area contributed by atoms with Gasteiger partial charge in [-0.2, -0.15) is 0 Å². The lowest BCUT2D eigenvalue weighted by Crippen LogP contribution is -2.39. The van der Waals surface area contributed by atoms with Crippen LogP contribution >= 0.6 is 0 Å². The molecule has 0 spiro atoms. The van der Waals surface area contributed by atoms with Crippen LogP contribution in [0.3, 0.4) is 0 Å². The topological polar surface area (TPSA) is 96.4 Å². The van der Waals surface area contributed by atoms with Crippen LogP contribution < -0.4 is 11.1 Å². The van der Waals surface area contributed by atoms with Crippen molar-refractivity contribution < 1.29 is 5.11 Å². The number of fused-ring (bicyclic) bond motifs is 1. The highest BCUT2D eigenvalue weighted by Crippen LogP contribution is 2.30. The summed E-state index contributed by atoms with van der Waals surface area (Å²) in [5.41, 5.74) is 10.5. The third-order valence-electron chi connectivity index (χ3n) is 4.15. The van der Waals surface area contributed by atoms with Gasteiger partial charge in [0.1, 0.15) is 11.3 Å². The van der Waals surface area contributed by atoms with Crippen molar-refractivity contribution in [3.05, 3.63) is 30.0 Å². The van der Waals surface area contributed by atoms with Gasteiger partial charge in [0.05, 0.1) is 23.9 Å². The molecule has 3 heterocycles. The molecule has 2 aromatic rings. The Labute approximate surface area is 127 Å². The molecule has 1 aliphatic heterocycles. The number of nitrogens with two attached hydrogens (primary N) is 1. The third kappa shape index (κ3) is 2.31. The normalized spacial score (nSPS) is 23.4. The van der Waals surface area contributed by atoms with Gasteiger partial charge >= 0.3 is 0 Å². The lowest BCUT2D eigenvalue weighted by atomic mass is 9.89. The second-order valence-corrected chi connectivity index (χ2v) is 5.83. The van der Waals surface area contributed by atoms with Crippen LogP contribution in [0.5, 0.6) is 0 Å². The highest BCUT2D eigenvalue weighted by molar-refractivity contribution is 5.94. The van der Waals surface area contributed by atoms with Gasteiger partial charge < -0.3 is 16.2 Å². The Morgan fingerprint density at radius 2 is 2.14 bits per heavy atom. The maximum absolute atomic E-state index is 9.41. The van der Waals surface area contributed by atoms with E-state index in [0.29, 0.717) is 12.4 Å². The lowest BCUT2D eigenvalue weighted by Gasteiger charge is -2.33. The largest absolute Gasteiger partial charge is 0.393 e. The highest BCUT2D eigenvalue weighted by atomic mass is 16.3. The maximum Gasteiger partial charge on any atom is 0.126 e. The SMILES string of the molecule is Nc1cc(NC2CC(O)C2)c2ncc(C3=CC=NC3)cc2n1. The fraction of sp³-hybridized carbons (Fsp3) is 0.312. The zero-order valence-corrected chi connectivity index (χ0v) is 12.0. The van der Waals surface area contributed by atoms with Crippen molar-refractivity contribution in [3.8, 4) is 0 Å². The number of aliphatic imine (C=N–C) groups is 1. The molecule has 1 aliphatic carbocycles. The number of hydrogen-bond donors (Lipinski definition) is 3. The molecule has 4 rings (SSSR count). The number of pyridine rings is 2. The highest BCUT2D eigenvalue weighted by Gasteiger charge is 2.27. The number of rotatable bonds is 3. The Morgan fingerprint density at radius 3 is 2.86 bits per heavy atom. The van der Waals surface area contributed by atoms with Gasteiger partial charge in [0.15, 0.2) is 0 Å². The minimum absolute atomic E-state index is 0.197. The summed E-state index contributed by atoms with van der Waals surface area (Å²) in [7, 11) is 0. The summed E-state index contributed by atoms with van der Waals surface area (Å²) < 4.78 is 0. The maximum atomic E-state index is 9.41. The van der Waals surface area contributed by atoms with Gasteiger partial charge in [-0.25, -0.2) is 4.98 Å². The van der Waals surface area contributed by atoms with E-state index >= 15 is 0 Å². The summed E-state index contributed by atoms with van der Waals surface area (Å²) in [6.45, 7) is 0.681. The Kier molecular flexibility index (Phi) is 3.04. The van der Waals surface area contributed by atoms with Crippen molar-refractivity contribution in [1.82, 2.24) is 9.97 Å². The van der Waals surface area contributed by atoms with Gasteiger partial charge in [-0.3, -0.25) is 9.98 Å². The second-order valence-electron chi connectivity index (χ2n) is 5.83. The molecule has 6 heteroatoms. The Hall–Kier alpha value is -2.47. The quantitative estimate of drug-likeness (QED) is 0.799. The van der Waals surface area contributed by atoms with Crippen molar-refractivity contribution in [2.24, 2.45) is 4.99 Å². The molecule has 4 N–H and O–H groups in total. The van der Waals surface area contributed by atoms with Crippen molar-refractivity contribution in [3.63, 3.8) is 0 Å². The van der Waals surface area contributed by atoms with Gasteiger partial charge in [-0.1, -0.05) is 0 Å². The van der Waals surface area contributed by atoms with Crippen LogP contribution in [0, 0.1) is 0 Å². The minimum atomic E-state index is -0.197. The van der Waals surface area contributed by atoms with Gasteiger partial charge in [-0.05, 0) is 30.6 Å². The predicted molar refractivity (Wildman–Crippen MR) is 87.9 cm³/mol. The lowest BCUT2D eigenvalue weighted by molar-refractivity contribution is 0.0837. The van der Waals surface area contributed by atoms with Crippen LogP contribution in [0.4, 0.5) is 11.5 Å². The first-order chi connectivity index (χ1) is 10.7. The van der Waals surface area contributed by atoms with Crippen LogP contribution in [0.2, 0.25) is 0 Å². The first-order valence-electron chi connectivity index (χ1n) is 7.39. The zero-order chi connectivity index (χ0) is 15.1. The molecule has 2 aliphatic rings. The van der Waals surface area contributed by atoms with E-state index in [1.807, 2.05) is 18.3 Å². The molecule has 0 bridgehead atoms. The van der Waals surface area contributed by atoms with Gasteiger partial charge in [-0.15, -0.1) is 0 Å². The summed E-state index contributed by atoms with van der Waals surface area (Å²) in [5, 5.41) is 12.8. The molecule has 0 saturated heterocycles. The van der Waals surface area contributed by atoms with Crippen molar-refractivity contribution >= 4 is 34.3 Å². The third-order valence-corrected chi connectivity index (χ3v) is 4.15. The number of aliphatic hydroxyl groups is 1. The first-order valence-corrected chi connectivity index (χ1v) is 7.39. The minimum Gasteiger partial charge on any atom is -0.393 e. The van der Waals surface area contributed by atoms with E-state index in [-0.39, 0.29) is 12.1 Å². The number of hydrogen-bond acceptors (Lipinski definition) is 6. The summed E-state index contributed by atoms with van der Waals surface area (Å²) in [4.78, 5) is 13.1. The number of aromatic nitrogens is 2. The molecular weight excluding hydrogens is 278 g/mol. The van der Waals surface area contributed by atoms with E-state index in [1.165, 1.54) is 0 Å². The first kappa shape index (κ1) is 13.2. The van der Waals surface area contributed by atoms with Crippen molar-refractivity contribution in [1.29, 1.82) is 0 Å². The summed E-state index contributed by atoms with van der Waals surface area (Å²) in [5.74, 6) is 0.463. The molecule has 6 nitrogen and oxygen atoms in total. The number of allylic oxidation sites excluding steroid dienone is 1. The van der Waals surface area contributed by atoms with E-state index in [2.05, 4.69) is 20.3 Å². The fourth-order valence-corrected chi connectivity index (χ4v) is 2.88. The number of aliphatic hydroxyl groups excluding tert-OH is 1. The molecule has 2 aromatic heterocycles. The summed E-state index contributed by atoms with van der Waals surface area (Å²) >= 11 is 0. The Morgan fingerprint density at radius 1 is 1.27 bits per heavy atom. The van der Waals surface area contributed by atoms with E-state index in [9.17, 15) is 5.11 Å². The average molecular weight is 295 g/mol. The Balaban J connectivity index is 1.71. The molecule has 0 amide bonds. The molecule has 0 radical (unpaired) electrons. The van der Waals surface area contributed by atoms with Crippen molar-refractivity contribution in [2.75, 3.05) is 17.6 Å². The van der Waals surface area contributed by atoms with E-state index in [1.54, 1.807) is 12.3 Å². The summed E-state index contributed by atoms with van der Waals surface area (Å²) in [6.07, 6.45) is 6.96. The number of nitrogens with one attached hydrogen (secondary N) is 1. The summed E-state index contributed by atoms with van der Waals surface area (Å²) in [6, 6.07) is 4.07. The Bertz CT molecular complexity index is 792. The van der Waals surface area contributed by atoms with E-state index < -0.39 is 0 Å². The molecular formula is C16H17N5O. The number of nitrogens with zero attached hydrogens (tertiary/aromatic N) is 3. The van der Waals surface area contributed by atoms with E-state index in [4.69, 9.17) is 5.73 Å². The van der Waals surface area contributed by atoms with Crippen LogP contribution in [-0.4, -0.2) is 40.0 Å². The molecule has 0 aromatic carbocycles. The fourth-order valence-electron chi connectivity index (χ4n) is 2.88. The predicted octanol–water partition coefficient (Wildman–Crippen LogP) is 1.61. The second kappa shape index (κ2) is 5.06. The molecule has 112 valence electrons. The molecule has 1 saturated carbocycles. The van der Waals surface area contributed by atoms with Gasteiger partial charge in [0.25, 0.3) is 0 Å². The number of anilines is 2. The molecule has 0 atom stereocenters. The molecule has 1 fully saturated rings. The molecule has 22 heavy (non-hydrogen) atoms. The van der Waals surface area contributed by atoms with Crippen molar-refractivity contribution in [2.45, 2.75) is 25.0 Å². The monoisotopic (exact) mass is 295 g/mol. The van der Waals surface area contributed by atoms with Gasteiger partial charge in [0.2, 0.25) is 0 Å². The van der Waals surface area contributed by atoms with E-state index in [0.717, 1.165) is 40.7 Å². The van der Waals surface area contributed by atoms with Crippen LogP contribution in [0.15, 0.2) is 29.4 Å². The zero-order valence-electron chi connectivity index (χ0n) is 12.0. The van der Waals surface area contributed by atoms with Crippen LogP contribution in [0.25, 0.3) is 16.6 Å². The molecule has 0 unspecified atom stereocenters. The standard InChI is InChI=1S/C16H17N5O/c17-15-6-14(20-11-4-12(22)5-11)16-13(21-15)3-10(8-19-16)9-1-2-18-7-9/h1-3,6,8,11-12,22H,4-5,7H2,(H3,17,20,21). The average Bonchev–Trinajstić information content (AvgIpc) is 2.99. The van der Waals surface area contributed by atoms with Crippen LogP contribution in [-0.2, 0) is 0 Å². The van der Waals surface area contributed by atoms with Gasteiger partial charge in [0, 0.05) is 30.1 Å². The van der Waals surface area contributed by atoms with Crippen LogP contribution in [0.1, 0.15) is 18.4 Å².